The Kier molecular flexibility index (Phi) is 4.35. The topological polar surface area (TPSA) is 37.3 Å². The smallest absolute Gasteiger partial charge is 0.306 e. The first-order valence-electron chi connectivity index (χ1n) is 6.58. The van der Waals surface area contributed by atoms with Crippen molar-refractivity contribution in [3.63, 3.8) is 0 Å². The Balaban J connectivity index is 2.13. The molecule has 0 fully saturated rings. The normalized spacial score (nSPS) is 12.1. The average Bonchev–Trinajstić information content (AvgIpc) is 2.46. The number of carboxylic acid groups (broad SMARTS) is 1. The van der Waals surface area contributed by atoms with Gasteiger partial charge in [0.15, 0.2) is 0 Å². The Morgan fingerprint density at radius 1 is 1.00 bits per heavy atom. The fraction of sp³-hybridized carbons (Fsp3) is 0.235. The third kappa shape index (κ3) is 3.44. The number of rotatable bonds is 5. The highest BCUT2D eigenvalue weighted by molar-refractivity contribution is 5.70. The molecule has 0 aliphatic rings. The van der Waals surface area contributed by atoms with Gasteiger partial charge >= 0.3 is 5.97 Å². The van der Waals surface area contributed by atoms with Crippen LogP contribution in [-0.4, -0.2) is 11.1 Å². The van der Waals surface area contributed by atoms with Crippen molar-refractivity contribution in [3.05, 3.63) is 60.2 Å². The molecule has 0 saturated heterocycles. The van der Waals surface area contributed by atoms with Crippen LogP contribution in [0, 0.1) is 5.92 Å². The Bertz CT molecular complexity index is 529. The minimum absolute atomic E-state index is 0.289. The van der Waals surface area contributed by atoms with Crippen LogP contribution in [0.4, 0.5) is 0 Å². The summed E-state index contributed by atoms with van der Waals surface area (Å²) >= 11 is 0. The first-order valence-corrected chi connectivity index (χ1v) is 6.58. The van der Waals surface area contributed by atoms with E-state index >= 15 is 0 Å². The summed E-state index contributed by atoms with van der Waals surface area (Å²) in [4.78, 5) is 11.0. The number of hydrogen-bond acceptors (Lipinski definition) is 1. The average molecular weight is 254 g/mol. The summed E-state index contributed by atoms with van der Waals surface area (Å²) in [6.45, 7) is 1.91. The molecule has 0 spiro atoms. The minimum Gasteiger partial charge on any atom is -0.481 e. The van der Waals surface area contributed by atoms with E-state index in [0.717, 1.165) is 11.1 Å². The van der Waals surface area contributed by atoms with Gasteiger partial charge in [0.05, 0.1) is 5.92 Å². The first kappa shape index (κ1) is 13.3. The number of carboxylic acids is 1. The van der Waals surface area contributed by atoms with Gasteiger partial charge in [-0.15, -0.1) is 0 Å². The molecule has 2 heteroatoms. The van der Waals surface area contributed by atoms with Crippen LogP contribution in [-0.2, 0) is 11.2 Å². The Morgan fingerprint density at radius 2 is 1.58 bits per heavy atom. The summed E-state index contributed by atoms with van der Waals surface area (Å²) in [5, 5.41) is 9.07. The van der Waals surface area contributed by atoms with E-state index in [1.54, 1.807) is 0 Å². The molecule has 2 aromatic rings. The molecule has 1 unspecified atom stereocenters. The largest absolute Gasteiger partial charge is 0.481 e. The molecule has 2 aromatic carbocycles. The third-order valence-electron chi connectivity index (χ3n) is 3.39. The fourth-order valence-corrected chi connectivity index (χ4v) is 2.15. The predicted molar refractivity (Wildman–Crippen MR) is 77.0 cm³/mol. The second-order valence-electron chi connectivity index (χ2n) is 4.71. The van der Waals surface area contributed by atoms with Crippen molar-refractivity contribution in [3.8, 4) is 11.1 Å². The molecular formula is C17H18O2. The van der Waals surface area contributed by atoms with Gasteiger partial charge in [-0.1, -0.05) is 61.5 Å². The molecule has 19 heavy (non-hydrogen) atoms. The Labute approximate surface area is 113 Å². The van der Waals surface area contributed by atoms with Crippen LogP contribution < -0.4 is 0 Å². The molecule has 2 rings (SSSR count). The van der Waals surface area contributed by atoms with E-state index in [1.165, 1.54) is 5.56 Å². The van der Waals surface area contributed by atoms with Gasteiger partial charge in [-0.3, -0.25) is 4.79 Å². The Morgan fingerprint density at radius 3 is 2.11 bits per heavy atom. The zero-order chi connectivity index (χ0) is 13.7. The van der Waals surface area contributed by atoms with Crippen LogP contribution in [0.25, 0.3) is 11.1 Å². The van der Waals surface area contributed by atoms with E-state index in [0.29, 0.717) is 12.8 Å². The molecule has 0 amide bonds. The zero-order valence-corrected chi connectivity index (χ0v) is 11.0. The van der Waals surface area contributed by atoms with E-state index in [1.807, 2.05) is 37.3 Å². The van der Waals surface area contributed by atoms with Crippen LogP contribution in [0.1, 0.15) is 18.9 Å². The quantitative estimate of drug-likeness (QED) is 0.875. The summed E-state index contributed by atoms with van der Waals surface area (Å²) in [6, 6.07) is 18.3. The molecule has 1 N–H and O–H groups in total. The summed E-state index contributed by atoms with van der Waals surface area (Å²) < 4.78 is 0. The summed E-state index contributed by atoms with van der Waals surface area (Å²) in [7, 11) is 0. The lowest BCUT2D eigenvalue weighted by Gasteiger charge is -2.10. The lowest BCUT2D eigenvalue weighted by molar-refractivity contribution is -0.141. The zero-order valence-electron chi connectivity index (χ0n) is 11.0. The molecule has 2 nitrogen and oxygen atoms in total. The van der Waals surface area contributed by atoms with Crippen LogP contribution in [0.3, 0.4) is 0 Å². The van der Waals surface area contributed by atoms with Gasteiger partial charge in [0.25, 0.3) is 0 Å². The van der Waals surface area contributed by atoms with Crippen molar-refractivity contribution in [2.75, 3.05) is 0 Å². The molecule has 1 atom stereocenters. The summed E-state index contributed by atoms with van der Waals surface area (Å²) in [5.74, 6) is -1.00. The first-order chi connectivity index (χ1) is 9.20. The van der Waals surface area contributed by atoms with E-state index in [-0.39, 0.29) is 5.92 Å². The number of benzene rings is 2. The van der Waals surface area contributed by atoms with Gasteiger partial charge in [-0.25, -0.2) is 0 Å². The van der Waals surface area contributed by atoms with Gasteiger partial charge in [-0.05, 0) is 29.5 Å². The van der Waals surface area contributed by atoms with E-state index < -0.39 is 5.97 Å². The van der Waals surface area contributed by atoms with Crippen molar-refractivity contribution < 1.29 is 9.90 Å². The number of aliphatic carboxylic acids is 1. The molecule has 0 aromatic heterocycles. The van der Waals surface area contributed by atoms with Crippen LogP contribution >= 0.6 is 0 Å². The highest BCUT2D eigenvalue weighted by Crippen LogP contribution is 2.21. The van der Waals surface area contributed by atoms with Crippen LogP contribution in [0.15, 0.2) is 54.6 Å². The maximum absolute atomic E-state index is 11.0. The maximum atomic E-state index is 11.0. The molecule has 0 saturated carbocycles. The number of carbonyl (C=O) groups is 1. The lowest BCUT2D eigenvalue weighted by atomic mass is 9.95. The molecular weight excluding hydrogens is 236 g/mol. The maximum Gasteiger partial charge on any atom is 0.306 e. The second kappa shape index (κ2) is 6.19. The molecule has 0 bridgehead atoms. The molecule has 0 heterocycles. The number of hydrogen-bond donors (Lipinski definition) is 1. The molecule has 98 valence electrons. The third-order valence-corrected chi connectivity index (χ3v) is 3.39. The highest BCUT2D eigenvalue weighted by atomic mass is 16.4. The highest BCUT2D eigenvalue weighted by Gasteiger charge is 2.15. The second-order valence-corrected chi connectivity index (χ2v) is 4.71. The van der Waals surface area contributed by atoms with Gasteiger partial charge < -0.3 is 5.11 Å². The summed E-state index contributed by atoms with van der Waals surface area (Å²) in [5.41, 5.74) is 3.42. The summed E-state index contributed by atoms with van der Waals surface area (Å²) in [6.07, 6.45) is 1.26. The van der Waals surface area contributed by atoms with Gasteiger partial charge in [-0.2, -0.15) is 0 Å². The minimum atomic E-state index is -0.713. The molecule has 0 radical (unpaired) electrons. The Hall–Kier alpha value is -2.09. The van der Waals surface area contributed by atoms with Crippen LogP contribution in [0.2, 0.25) is 0 Å². The van der Waals surface area contributed by atoms with Gasteiger partial charge in [0.2, 0.25) is 0 Å². The molecule has 0 aliphatic carbocycles. The van der Waals surface area contributed by atoms with Crippen molar-refractivity contribution in [2.45, 2.75) is 19.8 Å². The van der Waals surface area contributed by atoms with Crippen molar-refractivity contribution >= 4 is 5.97 Å². The van der Waals surface area contributed by atoms with E-state index in [4.69, 9.17) is 5.11 Å². The van der Waals surface area contributed by atoms with Gasteiger partial charge in [0.1, 0.15) is 0 Å². The van der Waals surface area contributed by atoms with E-state index in [9.17, 15) is 4.79 Å². The predicted octanol–water partition coefficient (Wildman–Crippen LogP) is 4.01. The lowest BCUT2D eigenvalue weighted by Crippen LogP contribution is -2.15. The fourth-order valence-electron chi connectivity index (χ4n) is 2.15. The van der Waals surface area contributed by atoms with Crippen molar-refractivity contribution in [1.82, 2.24) is 0 Å². The monoisotopic (exact) mass is 254 g/mol. The van der Waals surface area contributed by atoms with Gasteiger partial charge in [0, 0.05) is 0 Å². The van der Waals surface area contributed by atoms with E-state index in [2.05, 4.69) is 24.3 Å². The van der Waals surface area contributed by atoms with Crippen molar-refractivity contribution in [1.29, 1.82) is 0 Å². The van der Waals surface area contributed by atoms with Crippen LogP contribution in [0.5, 0.6) is 0 Å². The standard InChI is InChI=1S/C17H18O2/c1-2-14(17(18)19)12-13-8-10-16(11-9-13)15-6-4-3-5-7-15/h3-11,14H,2,12H2,1H3,(H,18,19). The SMILES string of the molecule is CCC(Cc1ccc(-c2ccccc2)cc1)C(=O)O. The molecule has 0 aliphatic heterocycles. The van der Waals surface area contributed by atoms with Crippen molar-refractivity contribution in [2.24, 2.45) is 5.92 Å².